The van der Waals surface area contributed by atoms with Crippen LogP contribution in [0.4, 0.5) is 0 Å². The van der Waals surface area contributed by atoms with Crippen molar-refractivity contribution in [2.75, 3.05) is 20.3 Å². The van der Waals surface area contributed by atoms with Crippen molar-refractivity contribution in [3.63, 3.8) is 0 Å². The van der Waals surface area contributed by atoms with E-state index in [4.69, 9.17) is 21.1 Å². The van der Waals surface area contributed by atoms with Crippen molar-refractivity contribution >= 4 is 17.6 Å². The molecule has 0 aliphatic rings. The number of hydrogen-bond donors (Lipinski definition) is 2. The van der Waals surface area contributed by atoms with Crippen molar-refractivity contribution in [2.24, 2.45) is 4.99 Å². The fraction of sp³-hybridized carbons (Fsp3) is 0.368. The van der Waals surface area contributed by atoms with Crippen molar-refractivity contribution < 1.29 is 9.47 Å². The maximum Gasteiger partial charge on any atom is 0.191 e. The zero-order chi connectivity index (χ0) is 18.8. The Morgan fingerprint density at radius 1 is 1.23 bits per heavy atom. The van der Waals surface area contributed by atoms with Crippen molar-refractivity contribution in [2.45, 2.75) is 26.9 Å². The summed E-state index contributed by atoms with van der Waals surface area (Å²) < 4.78 is 10.9. The number of nitrogens with one attached hydrogen (secondary N) is 2. The summed E-state index contributed by atoms with van der Waals surface area (Å²) in [5.74, 6) is 1.88. The summed E-state index contributed by atoms with van der Waals surface area (Å²) in [6, 6.07) is 9.56. The van der Waals surface area contributed by atoms with Crippen LogP contribution in [-0.2, 0) is 13.1 Å². The summed E-state index contributed by atoms with van der Waals surface area (Å²) in [4.78, 5) is 8.90. The summed E-state index contributed by atoms with van der Waals surface area (Å²) in [6.07, 6.45) is 1.77. The molecule has 7 heteroatoms. The minimum absolute atomic E-state index is 0.458. The van der Waals surface area contributed by atoms with Gasteiger partial charge in [-0.1, -0.05) is 17.7 Å². The zero-order valence-electron chi connectivity index (χ0n) is 15.4. The number of aromatic nitrogens is 1. The van der Waals surface area contributed by atoms with E-state index in [0.29, 0.717) is 42.2 Å². The van der Waals surface area contributed by atoms with Crippen molar-refractivity contribution in [3.05, 3.63) is 52.8 Å². The van der Waals surface area contributed by atoms with E-state index in [2.05, 4.69) is 20.6 Å². The van der Waals surface area contributed by atoms with Crippen LogP contribution in [0.2, 0.25) is 5.02 Å². The number of nitrogens with zero attached hydrogens (tertiary/aromatic N) is 2. The Labute approximate surface area is 159 Å². The topological polar surface area (TPSA) is 67.8 Å². The maximum atomic E-state index is 6.32. The Bertz CT molecular complexity index is 723. The molecule has 0 saturated carbocycles. The molecule has 1 aromatic carbocycles. The molecule has 2 N–H and O–H groups in total. The minimum Gasteiger partial charge on any atom is -0.493 e. The van der Waals surface area contributed by atoms with Gasteiger partial charge in [0, 0.05) is 12.7 Å². The SMILES string of the molecule is CCNC(=NCc1cc(Cl)c(OCC)c(OC)c1)NCc1ccccn1. The van der Waals surface area contributed by atoms with Gasteiger partial charge in [0.25, 0.3) is 0 Å². The van der Waals surface area contributed by atoms with Gasteiger partial charge < -0.3 is 20.1 Å². The second-order valence-corrected chi connectivity index (χ2v) is 5.82. The summed E-state index contributed by atoms with van der Waals surface area (Å²) in [6.45, 7) is 6.27. The third-order valence-electron chi connectivity index (χ3n) is 3.50. The van der Waals surface area contributed by atoms with E-state index in [1.54, 1.807) is 13.3 Å². The van der Waals surface area contributed by atoms with Crippen LogP contribution in [0.3, 0.4) is 0 Å². The summed E-state index contributed by atoms with van der Waals surface area (Å²) in [7, 11) is 1.60. The normalized spacial score (nSPS) is 11.2. The molecule has 6 nitrogen and oxygen atoms in total. The lowest BCUT2D eigenvalue weighted by molar-refractivity contribution is 0.311. The Morgan fingerprint density at radius 2 is 2.08 bits per heavy atom. The fourth-order valence-electron chi connectivity index (χ4n) is 2.34. The molecular formula is C19H25ClN4O2. The Balaban J connectivity index is 2.09. The Kier molecular flexibility index (Phi) is 8.02. The number of halogens is 1. The molecule has 0 aliphatic heterocycles. The maximum absolute atomic E-state index is 6.32. The average molecular weight is 377 g/mol. The Hall–Kier alpha value is -2.47. The van der Waals surface area contributed by atoms with Crippen LogP contribution in [-0.4, -0.2) is 31.2 Å². The molecular weight excluding hydrogens is 352 g/mol. The molecule has 0 fully saturated rings. The van der Waals surface area contributed by atoms with E-state index in [9.17, 15) is 0 Å². The second kappa shape index (κ2) is 10.5. The highest BCUT2D eigenvalue weighted by Crippen LogP contribution is 2.36. The lowest BCUT2D eigenvalue weighted by Gasteiger charge is -2.13. The molecule has 0 spiro atoms. The third kappa shape index (κ3) is 5.81. The summed E-state index contributed by atoms with van der Waals surface area (Å²) >= 11 is 6.32. The van der Waals surface area contributed by atoms with E-state index in [0.717, 1.165) is 17.8 Å². The molecule has 0 saturated heterocycles. The minimum atomic E-state index is 0.458. The third-order valence-corrected chi connectivity index (χ3v) is 3.79. The van der Waals surface area contributed by atoms with Gasteiger partial charge in [0.1, 0.15) is 0 Å². The number of guanidine groups is 1. The van der Waals surface area contributed by atoms with Gasteiger partial charge in [-0.15, -0.1) is 0 Å². The van der Waals surface area contributed by atoms with E-state index in [1.165, 1.54) is 0 Å². The van der Waals surface area contributed by atoms with E-state index >= 15 is 0 Å². The predicted octanol–water partition coefficient (Wildman–Crippen LogP) is 3.40. The van der Waals surface area contributed by atoms with Gasteiger partial charge in [-0.3, -0.25) is 4.98 Å². The predicted molar refractivity (Wildman–Crippen MR) is 105 cm³/mol. The molecule has 1 aromatic heterocycles. The van der Waals surface area contributed by atoms with Crippen LogP contribution >= 0.6 is 11.6 Å². The molecule has 0 aliphatic carbocycles. The number of hydrogen-bond acceptors (Lipinski definition) is 4. The van der Waals surface area contributed by atoms with Crippen molar-refractivity contribution in [1.82, 2.24) is 15.6 Å². The van der Waals surface area contributed by atoms with Gasteiger partial charge in [-0.25, -0.2) is 4.99 Å². The number of methoxy groups -OCH3 is 1. The molecule has 0 amide bonds. The standard InChI is InChI=1S/C19H25ClN4O2/c1-4-21-19(24-13-15-8-6-7-9-22-15)23-12-14-10-16(20)18(26-5-2)17(11-14)25-3/h6-11H,4-5,12-13H2,1-3H3,(H2,21,23,24). The smallest absolute Gasteiger partial charge is 0.191 e. The molecule has 0 radical (unpaired) electrons. The summed E-state index contributed by atoms with van der Waals surface area (Å²) in [5, 5.41) is 7.01. The first kappa shape index (κ1) is 19.8. The highest BCUT2D eigenvalue weighted by Gasteiger charge is 2.11. The first-order chi connectivity index (χ1) is 12.7. The molecule has 0 unspecified atom stereocenters. The van der Waals surface area contributed by atoms with E-state index in [-0.39, 0.29) is 0 Å². The first-order valence-corrected chi connectivity index (χ1v) is 8.97. The highest BCUT2D eigenvalue weighted by atomic mass is 35.5. The molecule has 0 atom stereocenters. The van der Waals surface area contributed by atoms with Gasteiger partial charge >= 0.3 is 0 Å². The van der Waals surface area contributed by atoms with E-state index in [1.807, 2.05) is 44.2 Å². The lowest BCUT2D eigenvalue weighted by Crippen LogP contribution is -2.37. The van der Waals surface area contributed by atoms with Gasteiger partial charge in [0.2, 0.25) is 0 Å². The van der Waals surface area contributed by atoms with Crippen LogP contribution in [0.15, 0.2) is 41.5 Å². The van der Waals surface area contributed by atoms with Gasteiger partial charge in [-0.05, 0) is 43.7 Å². The lowest BCUT2D eigenvalue weighted by atomic mass is 10.2. The number of benzene rings is 1. The quantitative estimate of drug-likeness (QED) is 0.546. The molecule has 1 heterocycles. The van der Waals surface area contributed by atoms with Crippen LogP contribution in [0.5, 0.6) is 11.5 Å². The van der Waals surface area contributed by atoms with Crippen LogP contribution in [0, 0.1) is 0 Å². The zero-order valence-corrected chi connectivity index (χ0v) is 16.1. The number of aliphatic imine (C=N–C) groups is 1. The number of rotatable bonds is 8. The molecule has 2 aromatic rings. The molecule has 140 valence electrons. The molecule has 26 heavy (non-hydrogen) atoms. The van der Waals surface area contributed by atoms with E-state index < -0.39 is 0 Å². The number of ether oxygens (including phenoxy) is 2. The molecule has 0 bridgehead atoms. The van der Waals surface area contributed by atoms with Gasteiger partial charge in [0.15, 0.2) is 17.5 Å². The molecule has 2 rings (SSSR count). The van der Waals surface area contributed by atoms with Gasteiger partial charge in [-0.2, -0.15) is 0 Å². The van der Waals surface area contributed by atoms with Crippen LogP contribution < -0.4 is 20.1 Å². The highest BCUT2D eigenvalue weighted by molar-refractivity contribution is 6.32. The largest absolute Gasteiger partial charge is 0.493 e. The second-order valence-electron chi connectivity index (χ2n) is 5.41. The summed E-state index contributed by atoms with van der Waals surface area (Å²) in [5.41, 5.74) is 1.88. The van der Waals surface area contributed by atoms with Gasteiger partial charge in [0.05, 0.1) is 37.5 Å². The monoisotopic (exact) mass is 376 g/mol. The number of pyridine rings is 1. The Morgan fingerprint density at radius 3 is 2.73 bits per heavy atom. The average Bonchev–Trinajstić information content (AvgIpc) is 2.66. The van der Waals surface area contributed by atoms with Crippen molar-refractivity contribution in [1.29, 1.82) is 0 Å². The van der Waals surface area contributed by atoms with Crippen molar-refractivity contribution in [3.8, 4) is 11.5 Å². The fourth-order valence-corrected chi connectivity index (χ4v) is 2.63. The van der Waals surface area contributed by atoms with Crippen LogP contribution in [0.1, 0.15) is 25.1 Å². The van der Waals surface area contributed by atoms with Crippen LogP contribution in [0.25, 0.3) is 0 Å². The first-order valence-electron chi connectivity index (χ1n) is 8.59.